The largest absolute Gasteiger partial charge is 0.487 e. The smallest absolute Gasteiger partial charge is 0.224 e. The third kappa shape index (κ3) is 4.64. The molecule has 0 aromatic heterocycles. The van der Waals surface area contributed by atoms with E-state index in [4.69, 9.17) is 15.2 Å². The van der Waals surface area contributed by atoms with Crippen molar-refractivity contribution >= 4 is 11.6 Å². The van der Waals surface area contributed by atoms with E-state index in [1.54, 1.807) is 0 Å². The average molecular weight is 331 g/mol. The molecule has 2 heterocycles. The maximum atomic E-state index is 11.4. The number of amides is 1. The van der Waals surface area contributed by atoms with E-state index < -0.39 is 0 Å². The van der Waals surface area contributed by atoms with Gasteiger partial charge >= 0.3 is 0 Å². The molecule has 1 aromatic rings. The SMILES string of the molecule is N/C(=C\NCC1CCOCC1)COc1ccc2c(c1)CCC(=O)N2. The van der Waals surface area contributed by atoms with Crippen molar-refractivity contribution in [3.8, 4) is 5.75 Å². The molecule has 0 spiro atoms. The Kier molecular flexibility index (Phi) is 5.59. The van der Waals surface area contributed by atoms with Crippen LogP contribution in [0.1, 0.15) is 24.8 Å². The van der Waals surface area contributed by atoms with E-state index in [-0.39, 0.29) is 5.91 Å². The number of nitrogens with one attached hydrogen (secondary N) is 2. The molecule has 0 atom stereocenters. The van der Waals surface area contributed by atoms with Gasteiger partial charge in [0.2, 0.25) is 5.91 Å². The summed E-state index contributed by atoms with van der Waals surface area (Å²) in [7, 11) is 0. The first kappa shape index (κ1) is 16.6. The Morgan fingerprint density at radius 2 is 2.21 bits per heavy atom. The number of carbonyl (C=O) groups excluding carboxylic acids is 1. The van der Waals surface area contributed by atoms with Crippen LogP contribution in [0.5, 0.6) is 5.75 Å². The standard InChI is InChI=1S/C18H25N3O3/c19-15(11-20-10-13-5-7-23-8-6-13)12-24-16-2-3-17-14(9-16)1-4-18(22)21-17/h2-3,9,11,13,20H,1,4-8,10,12,19H2,(H,21,22)/b15-11-. The van der Waals surface area contributed by atoms with Crippen molar-refractivity contribution in [3.63, 3.8) is 0 Å². The first-order valence-electron chi connectivity index (χ1n) is 8.52. The first-order valence-corrected chi connectivity index (χ1v) is 8.52. The van der Waals surface area contributed by atoms with Gasteiger partial charge in [0, 0.05) is 38.1 Å². The molecule has 24 heavy (non-hydrogen) atoms. The van der Waals surface area contributed by atoms with Gasteiger partial charge < -0.3 is 25.8 Å². The fourth-order valence-electron chi connectivity index (χ4n) is 2.97. The molecular weight excluding hydrogens is 306 g/mol. The predicted molar refractivity (Wildman–Crippen MR) is 92.7 cm³/mol. The molecule has 0 unspecified atom stereocenters. The van der Waals surface area contributed by atoms with Crippen LogP contribution in [-0.2, 0) is 16.0 Å². The Hall–Kier alpha value is -2.21. The number of carbonyl (C=O) groups is 1. The first-order chi connectivity index (χ1) is 11.7. The van der Waals surface area contributed by atoms with Crippen LogP contribution in [0.15, 0.2) is 30.1 Å². The predicted octanol–water partition coefficient (Wildman–Crippen LogP) is 1.77. The summed E-state index contributed by atoms with van der Waals surface area (Å²) >= 11 is 0. The molecule has 2 aliphatic rings. The van der Waals surface area contributed by atoms with Crippen molar-refractivity contribution in [2.75, 3.05) is 31.7 Å². The average Bonchev–Trinajstić information content (AvgIpc) is 2.61. The summed E-state index contributed by atoms with van der Waals surface area (Å²) in [6, 6.07) is 5.70. The molecule has 0 bridgehead atoms. The topological polar surface area (TPSA) is 85.6 Å². The maximum absolute atomic E-state index is 11.4. The Labute approximate surface area is 142 Å². The van der Waals surface area contributed by atoms with Gasteiger partial charge in [-0.3, -0.25) is 4.79 Å². The van der Waals surface area contributed by atoms with Crippen LogP contribution in [0.3, 0.4) is 0 Å². The summed E-state index contributed by atoms with van der Waals surface area (Å²) in [5.74, 6) is 1.49. The van der Waals surface area contributed by atoms with Crippen molar-refractivity contribution in [2.45, 2.75) is 25.7 Å². The normalized spacial score (nSPS) is 18.7. The lowest BCUT2D eigenvalue weighted by Crippen LogP contribution is -2.26. The Bertz CT molecular complexity index is 610. The van der Waals surface area contributed by atoms with Gasteiger partial charge in [0.25, 0.3) is 0 Å². The second-order valence-electron chi connectivity index (χ2n) is 6.34. The number of rotatable bonds is 6. The number of ether oxygens (including phenoxy) is 2. The summed E-state index contributed by atoms with van der Waals surface area (Å²) in [4.78, 5) is 11.4. The second-order valence-corrected chi connectivity index (χ2v) is 6.34. The van der Waals surface area contributed by atoms with Gasteiger partial charge in [0.15, 0.2) is 0 Å². The molecule has 4 N–H and O–H groups in total. The lowest BCUT2D eigenvalue weighted by molar-refractivity contribution is -0.116. The Balaban J connectivity index is 1.44. The minimum Gasteiger partial charge on any atom is -0.487 e. The zero-order chi connectivity index (χ0) is 16.8. The van der Waals surface area contributed by atoms with Gasteiger partial charge in [-0.2, -0.15) is 0 Å². The molecule has 3 rings (SSSR count). The highest BCUT2D eigenvalue weighted by molar-refractivity contribution is 5.93. The summed E-state index contributed by atoms with van der Waals surface area (Å²) in [5.41, 5.74) is 8.62. The van der Waals surface area contributed by atoms with Crippen molar-refractivity contribution in [3.05, 3.63) is 35.7 Å². The van der Waals surface area contributed by atoms with Crippen molar-refractivity contribution in [1.29, 1.82) is 0 Å². The van der Waals surface area contributed by atoms with Crippen molar-refractivity contribution in [1.82, 2.24) is 5.32 Å². The van der Waals surface area contributed by atoms with E-state index in [0.717, 1.165) is 56.0 Å². The quantitative estimate of drug-likeness (QED) is 0.740. The number of hydrogen-bond acceptors (Lipinski definition) is 5. The lowest BCUT2D eigenvalue weighted by Gasteiger charge is -2.21. The molecule has 2 aliphatic heterocycles. The molecule has 1 amide bonds. The fourth-order valence-corrected chi connectivity index (χ4v) is 2.97. The van der Waals surface area contributed by atoms with Crippen LogP contribution < -0.4 is 21.1 Å². The van der Waals surface area contributed by atoms with Crippen LogP contribution >= 0.6 is 0 Å². The van der Waals surface area contributed by atoms with E-state index in [2.05, 4.69) is 10.6 Å². The molecular formula is C18H25N3O3. The number of nitrogens with two attached hydrogens (primary N) is 1. The minimum absolute atomic E-state index is 0.0685. The fraction of sp³-hybridized carbons (Fsp3) is 0.500. The van der Waals surface area contributed by atoms with Gasteiger partial charge in [-0.25, -0.2) is 0 Å². The highest BCUT2D eigenvalue weighted by Crippen LogP contribution is 2.26. The minimum atomic E-state index is 0.0685. The molecule has 0 saturated carbocycles. The maximum Gasteiger partial charge on any atom is 0.224 e. The zero-order valence-electron chi connectivity index (χ0n) is 13.8. The molecule has 0 aliphatic carbocycles. The summed E-state index contributed by atoms with van der Waals surface area (Å²) in [6.07, 6.45) is 5.30. The molecule has 0 radical (unpaired) electrons. The van der Waals surface area contributed by atoms with E-state index in [9.17, 15) is 4.79 Å². The highest BCUT2D eigenvalue weighted by Gasteiger charge is 2.15. The Morgan fingerprint density at radius 1 is 1.38 bits per heavy atom. The van der Waals surface area contributed by atoms with Gasteiger partial charge in [0.1, 0.15) is 12.4 Å². The number of fused-ring (bicyclic) bond motifs is 1. The van der Waals surface area contributed by atoms with E-state index in [0.29, 0.717) is 24.6 Å². The van der Waals surface area contributed by atoms with E-state index >= 15 is 0 Å². The molecule has 130 valence electrons. The van der Waals surface area contributed by atoms with Gasteiger partial charge in [-0.1, -0.05) is 0 Å². The van der Waals surface area contributed by atoms with Gasteiger partial charge in [0.05, 0.1) is 5.70 Å². The summed E-state index contributed by atoms with van der Waals surface area (Å²) < 4.78 is 11.1. The molecule has 1 aromatic carbocycles. The molecule has 1 saturated heterocycles. The van der Waals surface area contributed by atoms with Gasteiger partial charge in [-0.15, -0.1) is 0 Å². The van der Waals surface area contributed by atoms with Gasteiger partial charge in [-0.05, 0) is 48.9 Å². The van der Waals surface area contributed by atoms with Crippen molar-refractivity contribution < 1.29 is 14.3 Å². The number of hydrogen-bond donors (Lipinski definition) is 3. The third-order valence-electron chi connectivity index (χ3n) is 4.41. The highest BCUT2D eigenvalue weighted by atomic mass is 16.5. The van der Waals surface area contributed by atoms with Crippen molar-refractivity contribution in [2.24, 2.45) is 11.7 Å². The summed E-state index contributed by atoms with van der Waals surface area (Å²) in [5, 5.41) is 6.14. The van der Waals surface area contributed by atoms with Crippen LogP contribution in [-0.4, -0.2) is 32.3 Å². The number of anilines is 1. The molecule has 6 nitrogen and oxygen atoms in total. The van der Waals surface area contributed by atoms with Crippen LogP contribution in [0.4, 0.5) is 5.69 Å². The van der Waals surface area contributed by atoms with E-state index in [1.807, 2.05) is 24.4 Å². The van der Waals surface area contributed by atoms with Crippen LogP contribution in [0.2, 0.25) is 0 Å². The second kappa shape index (κ2) is 8.06. The van der Waals surface area contributed by atoms with E-state index in [1.165, 1.54) is 0 Å². The zero-order valence-corrected chi connectivity index (χ0v) is 13.8. The molecule has 1 fully saturated rings. The van der Waals surface area contributed by atoms with Crippen LogP contribution in [0.25, 0.3) is 0 Å². The number of aryl methyl sites for hydroxylation is 1. The molecule has 6 heteroatoms. The summed E-state index contributed by atoms with van der Waals surface area (Å²) in [6.45, 7) is 2.97. The van der Waals surface area contributed by atoms with Crippen LogP contribution in [0, 0.1) is 5.92 Å². The Morgan fingerprint density at radius 3 is 3.04 bits per heavy atom. The monoisotopic (exact) mass is 331 g/mol. The third-order valence-corrected chi connectivity index (χ3v) is 4.41. The lowest BCUT2D eigenvalue weighted by atomic mass is 10.0. The number of benzene rings is 1.